The Kier molecular flexibility index (Phi) is 7.06. The molecule has 0 aromatic carbocycles. The van der Waals surface area contributed by atoms with Crippen LogP contribution in [0.25, 0.3) is 0 Å². The Morgan fingerprint density at radius 3 is 2.95 bits per heavy atom. The molecule has 7 nitrogen and oxygen atoms in total. The van der Waals surface area contributed by atoms with E-state index in [2.05, 4.69) is 5.32 Å². The van der Waals surface area contributed by atoms with Crippen molar-refractivity contribution in [1.82, 2.24) is 15.4 Å². The Labute approximate surface area is 137 Å². The van der Waals surface area contributed by atoms with Gasteiger partial charge in [-0.3, -0.25) is 15.3 Å². The summed E-state index contributed by atoms with van der Waals surface area (Å²) in [5, 5.41) is 34.7. The lowest BCUT2D eigenvalue weighted by Crippen LogP contribution is -2.53. The molecule has 0 radical (unpaired) electrons. The molecule has 9 heteroatoms. The zero-order valence-corrected chi connectivity index (χ0v) is 13.7. The third-order valence-corrected chi connectivity index (χ3v) is 5.83. The molecule has 2 aliphatic heterocycles. The number of carboxylic acids is 1. The maximum atomic E-state index is 11.4. The number of carbonyl (C=O) groups is 1. The van der Waals surface area contributed by atoms with Crippen LogP contribution in [0.4, 0.5) is 0 Å². The lowest BCUT2D eigenvalue weighted by atomic mass is 10.1. The van der Waals surface area contributed by atoms with Crippen LogP contribution >= 0.6 is 21.6 Å². The molecule has 0 aliphatic carbocycles. The largest absolute Gasteiger partial charge is 0.480 e. The third-order valence-electron chi connectivity index (χ3n) is 3.45. The van der Waals surface area contributed by atoms with Crippen molar-refractivity contribution < 1.29 is 20.3 Å². The van der Waals surface area contributed by atoms with Gasteiger partial charge in [0.1, 0.15) is 11.1 Å². The Morgan fingerprint density at radius 2 is 2.27 bits per heavy atom. The second-order valence-corrected chi connectivity index (χ2v) is 7.48. The summed E-state index contributed by atoms with van der Waals surface area (Å²) in [6, 6.07) is -0.748. The number of allylic oxidation sites excluding steroid dienone is 2. The highest BCUT2D eigenvalue weighted by Gasteiger charge is 2.27. The summed E-state index contributed by atoms with van der Waals surface area (Å²) in [4.78, 5) is 11.4. The van der Waals surface area contributed by atoms with E-state index in [1.807, 2.05) is 12.2 Å². The van der Waals surface area contributed by atoms with Crippen molar-refractivity contribution >= 4 is 27.6 Å². The van der Waals surface area contributed by atoms with Crippen molar-refractivity contribution in [3.05, 3.63) is 23.3 Å². The predicted octanol–water partition coefficient (Wildman–Crippen LogP) is 1.71. The normalized spacial score (nSPS) is 24.2. The second kappa shape index (κ2) is 8.80. The van der Waals surface area contributed by atoms with E-state index in [0.29, 0.717) is 23.9 Å². The molecule has 124 valence electrons. The fraction of sp³-hybridized carbons (Fsp3) is 0.615. The van der Waals surface area contributed by atoms with E-state index in [-0.39, 0.29) is 6.17 Å². The molecular formula is C13H21N3O4S2. The van der Waals surface area contributed by atoms with Crippen LogP contribution < -0.4 is 5.32 Å². The molecule has 0 spiro atoms. The minimum atomic E-state index is -0.939. The molecule has 2 unspecified atom stereocenters. The number of piperidine rings is 1. The van der Waals surface area contributed by atoms with Gasteiger partial charge in [-0.25, -0.2) is 5.06 Å². The molecule has 2 atom stereocenters. The minimum absolute atomic E-state index is 0.313. The maximum absolute atomic E-state index is 11.4. The summed E-state index contributed by atoms with van der Waals surface area (Å²) in [5.74, 6) is -0.607. The first-order valence-electron chi connectivity index (χ1n) is 7.15. The van der Waals surface area contributed by atoms with Gasteiger partial charge in [-0.15, -0.1) is 0 Å². The van der Waals surface area contributed by atoms with Gasteiger partial charge < -0.3 is 10.3 Å². The van der Waals surface area contributed by atoms with Crippen molar-refractivity contribution in [2.24, 2.45) is 0 Å². The summed E-state index contributed by atoms with van der Waals surface area (Å²) in [6.45, 7) is 0.992. The molecule has 2 heterocycles. The lowest BCUT2D eigenvalue weighted by Gasteiger charge is -2.33. The Morgan fingerprint density at radius 1 is 1.45 bits per heavy atom. The molecule has 4 N–H and O–H groups in total. The van der Waals surface area contributed by atoms with Gasteiger partial charge in [0.25, 0.3) is 0 Å². The fourth-order valence-electron chi connectivity index (χ4n) is 2.23. The number of hydrogen-bond donors (Lipinski definition) is 4. The first-order valence-corrected chi connectivity index (χ1v) is 9.47. The molecule has 0 bridgehead atoms. The maximum Gasteiger partial charge on any atom is 0.321 e. The predicted molar refractivity (Wildman–Crippen MR) is 86.5 cm³/mol. The zero-order valence-electron chi connectivity index (χ0n) is 12.1. The topological polar surface area (TPSA) is 96.3 Å². The van der Waals surface area contributed by atoms with E-state index in [9.17, 15) is 20.3 Å². The minimum Gasteiger partial charge on any atom is -0.480 e. The van der Waals surface area contributed by atoms with Crippen molar-refractivity contribution in [3.63, 3.8) is 0 Å². The number of hydrogen-bond acceptors (Lipinski definition) is 8. The van der Waals surface area contributed by atoms with Gasteiger partial charge in [-0.05, 0) is 36.1 Å². The molecule has 1 fully saturated rings. The van der Waals surface area contributed by atoms with E-state index < -0.39 is 12.0 Å². The molecule has 0 amide bonds. The number of rotatable bonds is 7. The fourth-order valence-corrected chi connectivity index (χ4v) is 4.49. The number of nitrogens with one attached hydrogen (secondary N) is 1. The third kappa shape index (κ3) is 5.18. The standard InChI is InChI=1S/C13H21N3O4S2/c17-13(18)10(14-11-5-1-3-7-15(11)19)9-21-22-12-6-2-4-8-16(12)20/h2,4,6,10-11,14,19-20H,1,3,5,7-9H2,(H,17,18). The zero-order chi connectivity index (χ0) is 15.9. The number of carboxylic acid groups (broad SMARTS) is 1. The Balaban J connectivity index is 1.80. The lowest BCUT2D eigenvalue weighted by molar-refractivity contribution is -0.158. The molecule has 2 aliphatic rings. The second-order valence-electron chi connectivity index (χ2n) is 5.12. The highest BCUT2D eigenvalue weighted by molar-refractivity contribution is 8.78. The van der Waals surface area contributed by atoms with Crippen LogP contribution in [-0.4, -0.2) is 62.7 Å². The van der Waals surface area contributed by atoms with Gasteiger partial charge in [0.05, 0.1) is 12.7 Å². The summed E-state index contributed by atoms with van der Waals surface area (Å²) in [5.41, 5.74) is 0. The molecular weight excluding hydrogens is 326 g/mol. The smallest absolute Gasteiger partial charge is 0.321 e. The van der Waals surface area contributed by atoms with Crippen molar-refractivity contribution in [2.75, 3.05) is 18.8 Å². The average molecular weight is 347 g/mol. The summed E-state index contributed by atoms with van der Waals surface area (Å²) in [6.07, 6.45) is 7.78. The molecule has 0 aromatic rings. The van der Waals surface area contributed by atoms with E-state index in [1.165, 1.54) is 26.7 Å². The van der Waals surface area contributed by atoms with Crippen LogP contribution in [0.2, 0.25) is 0 Å². The summed E-state index contributed by atoms with van der Waals surface area (Å²) in [7, 11) is 2.70. The van der Waals surface area contributed by atoms with Crippen molar-refractivity contribution in [2.45, 2.75) is 31.5 Å². The highest BCUT2D eigenvalue weighted by atomic mass is 33.1. The average Bonchev–Trinajstić information content (AvgIpc) is 2.50. The molecule has 0 aromatic heterocycles. The van der Waals surface area contributed by atoms with Crippen LogP contribution in [0.1, 0.15) is 19.3 Å². The Bertz CT molecular complexity index is 447. The SMILES string of the molecule is O=C(O)C(CSSC1=CC=CCN1O)NC1CCCCN1O. The van der Waals surface area contributed by atoms with Gasteiger partial charge in [0.2, 0.25) is 0 Å². The monoisotopic (exact) mass is 347 g/mol. The van der Waals surface area contributed by atoms with Crippen molar-refractivity contribution in [1.29, 1.82) is 0 Å². The van der Waals surface area contributed by atoms with Crippen LogP contribution in [0, 0.1) is 0 Å². The van der Waals surface area contributed by atoms with E-state index >= 15 is 0 Å². The number of aliphatic carboxylic acids is 1. The van der Waals surface area contributed by atoms with Gasteiger partial charge >= 0.3 is 5.97 Å². The Hall–Kier alpha value is -0.710. The highest BCUT2D eigenvalue weighted by Crippen LogP contribution is 2.33. The van der Waals surface area contributed by atoms with E-state index in [1.54, 1.807) is 6.08 Å². The molecule has 2 rings (SSSR count). The first-order chi connectivity index (χ1) is 10.6. The van der Waals surface area contributed by atoms with Gasteiger partial charge in [0, 0.05) is 12.3 Å². The van der Waals surface area contributed by atoms with Crippen molar-refractivity contribution in [3.8, 4) is 0 Å². The van der Waals surface area contributed by atoms with Crippen LogP contribution in [0.3, 0.4) is 0 Å². The first kappa shape index (κ1) is 17.6. The number of nitrogens with zero attached hydrogens (tertiary/aromatic N) is 2. The molecule has 1 saturated heterocycles. The van der Waals surface area contributed by atoms with Gasteiger partial charge in [-0.1, -0.05) is 22.9 Å². The van der Waals surface area contributed by atoms with Gasteiger partial charge in [0.15, 0.2) is 0 Å². The molecule has 22 heavy (non-hydrogen) atoms. The van der Waals surface area contributed by atoms with Crippen LogP contribution in [0.5, 0.6) is 0 Å². The van der Waals surface area contributed by atoms with Crippen LogP contribution in [-0.2, 0) is 4.79 Å². The quantitative estimate of drug-likeness (QED) is 0.513. The van der Waals surface area contributed by atoms with E-state index in [4.69, 9.17) is 0 Å². The van der Waals surface area contributed by atoms with Gasteiger partial charge in [-0.2, -0.15) is 5.06 Å². The van der Waals surface area contributed by atoms with Crippen LogP contribution in [0.15, 0.2) is 23.3 Å². The van der Waals surface area contributed by atoms with E-state index in [0.717, 1.165) is 24.3 Å². The number of hydroxylamine groups is 4. The molecule has 0 saturated carbocycles. The summed E-state index contributed by atoms with van der Waals surface area (Å²) < 4.78 is 0. The summed E-state index contributed by atoms with van der Waals surface area (Å²) >= 11 is 0.